The van der Waals surface area contributed by atoms with Gasteiger partial charge in [-0.05, 0) is 14.1 Å². The Morgan fingerprint density at radius 1 is 1.28 bits per heavy atom. The molecule has 1 fully saturated rings. The van der Waals surface area contributed by atoms with E-state index >= 15 is 0 Å². The number of hydrogen-bond acceptors (Lipinski definition) is 5. The molecular formula is C10H24N4O3S. The summed E-state index contributed by atoms with van der Waals surface area (Å²) < 4.78 is 33.0. The van der Waals surface area contributed by atoms with Crippen molar-refractivity contribution in [2.75, 3.05) is 66.6 Å². The molecule has 0 atom stereocenters. The van der Waals surface area contributed by atoms with Crippen LogP contribution in [0.5, 0.6) is 0 Å². The number of nitrogens with one attached hydrogen (secondary N) is 2. The number of ether oxygens (including phenoxy) is 1. The smallest absolute Gasteiger partial charge is 0.279 e. The molecule has 0 unspecified atom stereocenters. The Balaban J connectivity index is 2.13. The molecule has 0 bridgehead atoms. The Labute approximate surface area is 110 Å². The molecular weight excluding hydrogens is 256 g/mol. The van der Waals surface area contributed by atoms with Gasteiger partial charge in [0.15, 0.2) is 0 Å². The van der Waals surface area contributed by atoms with Gasteiger partial charge in [0.25, 0.3) is 10.2 Å². The van der Waals surface area contributed by atoms with Crippen LogP contribution >= 0.6 is 0 Å². The fraction of sp³-hybridized carbons (Fsp3) is 1.00. The lowest BCUT2D eigenvalue weighted by atomic mass is 10.4. The van der Waals surface area contributed by atoms with Gasteiger partial charge in [-0.25, -0.2) is 0 Å². The Morgan fingerprint density at radius 2 is 1.94 bits per heavy atom. The average Bonchev–Trinajstić information content (AvgIpc) is 2.34. The van der Waals surface area contributed by atoms with Crippen LogP contribution in [0, 0.1) is 0 Å². The minimum atomic E-state index is -3.33. The molecule has 1 rings (SSSR count). The van der Waals surface area contributed by atoms with E-state index in [1.807, 2.05) is 19.0 Å². The van der Waals surface area contributed by atoms with Crippen LogP contribution in [0.3, 0.4) is 0 Å². The molecule has 0 aliphatic carbocycles. The van der Waals surface area contributed by atoms with Gasteiger partial charge in [-0.1, -0.05) is 0 Å². The van der Waals surface area contributed by atoms with Crippen LogP contribution < -0.4 is 10.0 Å². The van der Waals surface area contributed by atoms with Crippen LogP contribution in [0.1, 0.15) is 0 Å². The highest BCUT2D eigenvalue weighted by Crippen LogP contribution is 1.99. The van der Waals surface area contributed by atoms with Crippen molar-refractivity contribution in [1.82, 2.24) is 19.2 Å². The summed E-state index contributed by atoms with van der Waals surface area (Å²) in [5, 5.41) is 3.12. The molecule has 0 radical (unpaired) electrons. The van der Waals surface area contributed by atoms with Crippen molar-refractivity contribution in [3.63, 3.8) is 0 Å². The van der Waals surface area contributed by atoms with Crippen molar-refractivity contribution in [3.05, 3.63) is 0 Å². The number of nitrogens with zero attached hydrogens (tertiary/aromatic N) is 2. The van der Waals surface area contributed by atoms with Gasteiger partial charge < -0.3 is 15.0 Å². The molecule has 8 heteroatoms. The summed E-state index contributed by atoms with van der Waals surface area (Å²) >= 11 is 0. The van der Waals surface area contributed by atoms with E-state index in [2.05, 4.69) is 10.0 Å². The Bertz CT molecular complexity index is 315. The largest absolute Gasteiger partial charge is 0.379 e. The van der Waals surface area contributed by atoms with Gasteiger partial charge in [0.2, 0.25) is 0 Å². The Hall–Kier alpha value is -0.250. The van der Waals surface area contributed by atoms with Crippen molar-refractivity contribution in [3.8, 4) is 0 Å². The first-order valence-electron chi connectivity index (χ1n) is 6.20. The zero-order valence-electron chi connectivity index (χ0n) is 11.2. The van der Waals surface area contributed by atoms with Gasteiger partial charge in [-0.15, -0.1) is 0 Å². The molecule has 0 aromatic heterocycles. The quantitative estimate of drug-likeness (QED) is 0.519. The summed E-state index contributed by atoms with van der Waals surface area (Å²) in [4.78, 5) is 2.02. The summed E-state index contributed by atoms with van der Waals surface area (Å²) in [6.07, 6.45) is 0. The van der Waals surface area contributed by atoms with Gasteiger partial charge in [-0.2, -0.15) is 17.4 Å². The van der Waals surface area contributed by atoms with E-state index in [4.69, 9.17) is 4.74 Å². The lowest BCUT2D eigenvalue weighted by Gasteiger charge is -2.26. The van der Waals surface area contributed by atoms with E-state index in [0.717, 1.165) is 6.54 Å². The minimum absolute atomic E-state index is 0.319. The molecule has 7 nitrogen and oxygen atoms in total. The van der Waals surface area contributed by atoms with Crippen molar-refractivity contribution < 1.29 is 13.2 Å². The second kappa shape index (κ2) is 8.03. The first-order valence-corrected chi connectivity index (χ1v) is 7.64. The molecule has 0 saturated carbocycles. The maximum atomic E-state index is 11.8. The summed E-state index contributed by atoms with van der Waals surface area (Å²) in [5.74, 6) is 0. The molecule has 1 aliphatic rings. The SMILES string of the molecule is CN(C)CCOCCNS(=O)(=O)N1CCNCC1. The highest BCUT2D eigenvalue weighted by Gasteiger charge is 2.22. The highest BCUT2D eigenvalue weighted by atomic mass is 32.2. The lowest BCUT2D eigenvalue weighted by molar-refractivity contribution is 0.122. The fourth-order valence-electron chi connectivity index (χ4n) is 1.57. The van der Waals surface area contributed by atoms with E-state index in [9.17, 15) is 8.42 Å². The van der Waals surface area contributed by atoms with Gasteiger partial charge >= 0.3 is 0 Å². The molecule has 18 heavy (non-hydrogen) atoms. The molecule has 0 amide bonds. The summed E-state index contributed by atoms with van der Waals surface area (Å²) in [6, 6.07) is 0. The zero-order chi connectivity index (χ0) is 13.4. The van der Waals surface area contributed by atoms with Crippen LogP contribution in [-0.2, 0) is 14.9 Å². The van der Waals surface area contributed by atoms with E-state index in [1.54, 1.807) is 0 Å². The maximum Gasteiger partial charge on any atom is 0.279 e. The minimum Gasteiger partial charge on any atom is -0.379 e. The third-order valence-corrected chi connectivity index (χ3v) is 4.24. The van der Waals surface area contributed by atoms with Gasteiger partial charge in [0.05, 0.1) is 13.2 Å². The number of piperazine rings is 1. The van der Waals surface area contributed by atoms with Crippen molar-refractivity contribution in [2.45, 2.75) is 0 Å². The predicted octanol–water partition coefficient (Wildman–Crippen LogP) is -1.70. The molecule has 0 spiro atoms. The number of hydrogen-bond donors (Lipinski definition) is 2. The van der Waals surface area contributed by atoms with Crippen LogP contribution in [0.4, 0.5) is 0 Å². The molecule has 108 valence electrons. The van der Waals surface area contributed by atoms with Gasteiger partial charge in [-0.3, -0.25) is 0 Å². The average molecular weight is 280 g/mol. The Kier molecular flexibility index (Phi) is 7.05. The molecule has 2 N–H and O–H groups in total. The number of likely N-dealkylation sites (N-methyl/N-ethyl adjacent to an activating group) is 1. The van der Waals surface area contributed by atoms with Gasteiger partial charge in [0.1, 0.15) is 0 Å². The van der Waals surface area contributed by atoms with E-state index in [-0.39, 0.29) is 0 Å². The molecule has 1 saturated heterocycles. The third-order valence-electron chi connectivity index (χ3n) is 2.63. The second-order valence-corrected chi connectivity index (χ2v) is 6.22. The summed E-state index contributed by atoms with van der Waals surface area (Å²) in [5.41, 5.74) is 0. The van der Waals surface area contributed by atoms with E-state index < -0.39 is 10.2 Å². The van der Waals surface area contributed by atoms with Crippen LogP contribution in [-0.4, -0.2) is 84.2 Å². The molecule has 1 heterocycles. The fourth-order valence-corrected chi connectivity index (χ4v) is 2.76. The zero-order valence-corrected chi connectivity index (χ0v) is 12.0. The van der Waals surface area contributed by atoms with E-state index in [0.29, 0.717) is 45.9 Å². The van der Waals surface area contributed by atoms with E-state index in [1.165, 1.54) is 4.31 Å². The maximum absolute atomic E-state index is 11.8. The van der Waals surface area contributed by atoms with Gasteiger partial charge in [0, 0.05) is 39.3 Å². The predicted molar refractivity (Wildman–Crippen MR) is 70.7 cm³/mol. The second-order valence-electron chi connectivity index (χ2n) is 4.46. The van der Waals surface area contributed by atoms with Crippen molar-refractivity contribution in [1.29, 1.82) is 0 Å². The van der Waals surface area contributed by atoms with Crippen LogP contribution in [0.15, 0.2) is 0 Å². The normalized spacial score (nSPS) is 18.4. The summed E-state index contributed by atoms with van der Waals surface area (Å²) in [6.45, 7) is 4.64. The summed E-state index contributed by atoms with van der Waals surface area (Å²) in [7, 11) is 0.603. The number of rotatable bonds is 8. The molecule has 0 aromatic carbocycles. The first kappa shape index (κ1) is 15.8. The van der Waals surface area contributed by atoms with Crippen LogP contribution in [0.2, 0.25) is 0 Å². The Morgan fingerprint density at radius 3 is 2.56 bits per heavy atom. The molecule has 0 aromatic rings. The molecule has 1 aliphatic heterocycles. The monoisotopic (exact) mass is 280 g/mol. The first-order chi connectivity index (χ1) is 8.52. The van der Waals surface area contributed by atoms with Crippen molar-refractivity contribution in [2.24, 2.45) is 0 Å². The topological polar surface area (TPSA) is 73.9 Å². The van der Waals surface area contributed by atoms with Crippen LogP contribution in [0.25, 0.3) is 0 Å². The standard InChI is InChI=1S/C10H24N4O3S/c1-13(2)8-10-17-9-5-12-18(15,16)14-6-3-11-4-7-14/h11-12H,3-10H2,1-2H3. The van der Waals surface area contributed by atoms with Crippen molar-refractivity contribution >= 4 is 10.2 Å². The third kappa shape index (κ3) is 6.07. The highest BCUT2D eigenvalue weighted by molar-refractivity contribution is 7.87. The lowest BCUT2D eigenvalue weighted by Crippen LogP contribution is -2.50.